The summed E-state index contributed by atoms with van der Waals surface area (Å²) in [5, 5.41) is 9.76. The molecule has 1 heterocycles. The third kappa shape index (κ3) is 1.62. The molecule has 0 fully saturated rings. The molecular weight excluding hydrogens is 174 g/mol. The Kier molecular flexibility index (Phi) is 3.30. The summed E-state index contributed by atoms with van der Waals surface area (Å²) >= 11 is 0. The lowest BCUT2D eigenvalue weighted by Gasteiger charge is -1.90. The average Bonchev–Trinajstić information content (AvgIpc) is 2.64. The molecule has 0 saturated heterocycles. The fourth-order valence-electron chi connectivity index (χ4n) is 1.27. The van der Waals surface area contributed by atoms with Gasteiger partial charge in [0.05, 0.1) is 11.8 Å². The van der Waals surface area contributed by atoms with Crippen LogP contribution in [0.25, 0.3) is 11.0 Å². The lowest BCUT2D eigenvalue weighted by Crippen LogP contribution is -1.74. The molecule has 14 heavy (non-hydrogen) atoms. The predicted octanol–water partition coefficient (Wildman–Crippen LogP) is 3.64. The molecule has 0 amide bonds. The van der Waals surface area contributed by atoms with E-state index in [2.05, 4.69) is 6.07 Å². The lowest BCUT2D eigenvalue weighted by molar-refractivity contribution is 0.612. The number of furan rings is 1. The second-order valence-electron chi connectivity index (χ2n) is 2.71. The van der Waals surface area contributed by atoms with E-state index in [1.807, 2.05) is 32.9 Å². The molecule has 2 nitrogen and oxygen atoms in total. The summed E-state index contributed by atoms with van der Waals surface area (Å²) < 4.78 is 5.25. The minimum Gasteiger partial charge on any atom is -0.463 e. The van der Waals surface area contributed by atoms with Gasteiger partial charge >= 0.3 is 0 Å². The highest BCUT2D eigenvalue weighted by molar-refractivity contribution is 5.85. The van der Waals surface area contributed by atoms with Crippen LogP contribution in [0.2, 0.25) is 0 Å². The van der Waals surface area contributed by atoms with E-state index in [4.69, 9.17) is 9.68 Å². The van der Waals surface area contributed by atoms with Gasteiger partial charge in [-0.2, -0.15) is 5.26 Å². The topological polar surface area (TPSA) is 36.9 Å². The molecule has 0 radical (unpaired) electrons. The van der Waals surface area contributed by atoms with E-state index in [0.29, 0.717) is 11.1 Å². The summed E-state index contributed by atoms with van der Waals surface area (Å²) in [5.74, 6) is 0. The largest absolute Gasteiger partial charge is 0.463 e. The van der Waals surface area contributed by atoms with Gasteiger partial charge in [0, 0.05) is 5.39 Å². The summed E-state index contributed by atoms with van der Waals surface area (Å²) in [6.45, 7) is 5.97. The first kappa shape index (κ1) is 10.3. The maximum atomic E-state index is 8.73. The number of hydrogen-bond donors (Lipinski definition) is 0. The average molecular weight is 187 g/mol. The second kappa shape index (κ2) is 4.48. The molecule has 72 valence electrons. The molecule has 0 aliphatic carbocycles. The van der Waals surface area contributed by atoms with E-state index < -0.39 is 0 Å². The summed E-state index contributed by atoms with van der Waals surface area (Å²) in [6, 6.07) is 7.66. The van der Waals surface area contributed by atoms with Crippen LogP contribution in [0, 0.1) is 18.3 Å². The Hall–Kier alpha value is -1.75. The minimum atomic E-state index is 0.598. The Balaban J connectivity index is 0.000000461. The van der Waals surface area contributed by atoms with Gasteiger partial charge in [0.1, 0.15) is 6.07 Å². The molecule has 0 aliphatic heterocycles. The monoisotopic (exact) mass is 187 g/mol. The third-order valence-electron chi connectivity index (χ3n) is 1.91. The number of rotatable bonds is 0. The van der Waals surface area contributed by atoms with Crippen LogP contribution in [0.5, 0.6) is 0 Å². The molecule has 0 saturated carbocycles. The summed E-state index contributed by atoms with van der Waals surface area (Å²) in [7, 11) is 0. The van der Waals surface area contributed by atoms with Gasteiger partial charge in [0.25, 0.3) is 0 Å². The van der Waals surface area contributed by atoms with E-state index in [0.717, 1.165) is 10.9 Å². The van der Waals surface area contributed by atoms with Crippen molar-refractivity contribution in [3.05, 3.63) is 35.6 Å². The number of nitriles is 1. The molecular formula is C12H13NO. The van der Waals surface area contributed by atoms with Crippen molar-refractivity contribution in [3.63, 3.8) is 0 Å². The van der Waals surface area contributed by atoms with Crippen molar-refractivity contribution < 1.29 is 4.42 Å². The van der Waals surface area contributed by atoms with Crippen molar-refractivity contribution in [1.29, 1.82) is 5.26 Å². The zero-order valence-electron chi connectivity index (χ0n) is 8.66. The molecule has 1 aromatic heterocycles. The van der Waals surface area contributed by atoms with E-state index >= 15 is 0 Å². The first-order valence-electron chi connectivity index (χ1n) is 4.70. The molecule has 0 N–H and O–H groups in total. The van der Waals surface area contributed by atoms with Crippen LogP contribution in [0.1, 0.15) is 25.0 Å². The Morgan fingerprint density at radius 3 is 2.64 bits per heavy atom. The van der Waals surface area contributed by atoms with E-state index in [1.165, 1.54) is 0 Å². The van der Waals surface area contributed by atoms with Crippen LogP contribution in [0.4, 0.5) is 0 Å². The maximum Gasteiger partial charge on any atom is 0.151 e. The van der Waals surface area contributed by atoms with Crippen LogP contribution in [0.15, 0.2) is 28.9 Å². The van der Waals surface area contributed by atoms with Crippen LogP contribution >= 0.6 is 0 Å². The molecule has 2 aromatic rings. The normalized spacial score (nSPS) is 9.00. The number of fused-ring (bicyclic) bond motifs is 1. The first-order valence-corrected chi connectivity index (χ1v) is 4.70. The van der Waals surface area contributed by atoms with Crippen molar-refractivity contribution in [2.45, 2.75) is 20.8 Å². The van der Waals surface area contributed by atoms with Gasteiger partial charge < -0.3 is 4.42 Å². The number of benzene rings is 1. The van der Waals surface area contributed by atoms with Crippen molar-refractivity contribution in [3.8, 4) is 6.07 Å². The van der Waals surface area contributed by atoms with Crippen LogP contribution in [0.3, 0.4) is 0 Å². The van der Waals surface area contributed by atoms with Crippen molar-refractivity contribution >= 4 is 11.0 Å². The van der Waals surface area contributed by atoms with Gasteiger partial charge in [-0.05, 0) is 18.6 Å². The summed E-state index contributed by atoms with van der Waals surface area (Å²) in [4.78, 5) is 0. The highest BCUT2D eigenvalue weighted by Gasteiger charge is 2.04. The minimum absolute atomic E-state index is 0.598. The van der Waals surface area contributed by atoms with Crippen LogP contribution in [-0.2, 0) is 0 Å². The number of para-hydroxylation sites is 1. The van der Waals surface area contributed by atoms with Gasteiger partial charge in [-0.15, -0.1) is 0 Å². The number of aryl methyl sites for hydroxylation is 1. The van der Waals surface area contributed by atoms with Crippen LogP contribution < -0.4 is 0 Å². The standard InChI is InChI=1S/C10H7NO.C2H6/c1-7-6-12-10-8(5-11)3-2-4-9(7)10;1-2/h2-4,6H,1H3;1-2H3. The quantitative estimate of drug-likeness (QED) is 0.631. The number of hydrogen-bond acceptors (Lipinski definition) is 2. The van der Waals surface area contributed by atoms with Crippen LogP contribution in [-0.4, -0.2) is 0 Å². The van der Waals surface area contributed by atoms with Gasteiger partial charge in [0.2, 0.25) is 0 Å². The smallest absolute Gasteiger partial charge is 0.151 e. The summed E-state index contributed by atoms with van der Waals surface area (Å²) in [5.41, 5.74) is 2.36. The van der Waals surface area contributed by atoms with Gasteiger partial charge in [-0.25, -0.2) is 0 Å². The summed E-state index contributed by atoms with van der Waals surface area (Å²) in [6.07, 6.45) is 1.67. The molecule has 2 rings (SSSR count). The zero-order chi connectivity index (χ0) is 10.6. The van der Waals surface area contributed by atoms with Crippen molar-refractivity contribution in [1.82, 2.24) is 0 Å². The fourth-order valence-corrected chi connectivity index (χ4v) is 1.27. The Labute approximate surface area is 83.8 Å². The van der Waals surface area contributed by atoms with Crippen molar-refractivity contribution in [2.24, 2.45) is 0 Å². The third-order valence-corrected chi connectivity index (χ3v) is 1.91. The molecule has 0 atom stereocenters. The SMILES string of the molecule is CC.Cc1coc2c(C#N)cccc12. The Bertz CT molecular complexity index is 463. The molecule has 0 unspecified atom stereocenters. The molecule has 1 aromatic carbocycles. The molecule has 0 bridgehead atoms. The van der Waals surface area contributed by atoms with E-state index in [-0.39, 0.29) is 0 Å². The predicted molar refractivity (Wildman–Crippen MR) is 57.0 cm³/mol. The first-order chi connectivity index (χ1) is 6.83. The van der Waals surface area contributed by atoms with Gasteiger partial charge in [-0.3, -0.25) is 0 Å². The lowest BCUT2D eigenvalue weighted by atomic mass is 10.1. The molecule has 2 heteroatoms. The van der Waals surface area contributed by atoms with Gasteiger partial charge in [0.15, 0.2) is 5.58 Å². The Morgan fingerprint density at radius 1 is 1.29 bits per heavy atom. The number of nitrogens with zero attached hydrogens (tertiary/aromatic N) is 1. The van der Waals surface area contributed by atoms with E-state index in [1.54, 1.807) is 12.3 Å². The molecule has 0 aliphatic rings. The second-order valence-corrected chi connectivity index (χ2v) is 2.71. The highest BCUT2D eigenvalue weighted by atomic mass is 16.3. The van der Waals surface area contributed by atoms with E-state index in [9.17, 15) is 0 Å². The fraction of sp³-hybridized carbons (Fsp3) is 0.250. The van der Waals surface area contributed by atoms with Gasteiger partial charge in [-0.1, -0.05) is 26.0 Å². The zero-order valence-corrected chi connectivity index (χ0v) is 8.66. The highest BCUT2D eigenvalue weighted by Crippen LogP contribution is 2.22. The Morgan fingerprint density at radius 2 is 2.00 bits per heavy atom. The van der Waals surface area contributed by atoms with Crippen molar-refractivity contribution in [2.75, 3.05) is 0 Å². The molecule has 0 spiro atoms. The maximum absolute atomic E-state index is 8.73.